The van der Waals surface area contributed by atoms with E-state index in [-0.39, 0.29) is 19.6 Å². The van der Waals surface area contributed by atoms with Crippen LogP contribution in [0.15, 0.2) is 89.1 Å². The van der Waals surface area contributed by atoms with E-state index < -0.39 is 41.3 Å². The molecule has 200 valence electrons. The summed E-state index contributed by atoms with van der Waals surface area (Å²) in [4.78, 5) is 39.5. The zero-order chi connectivity index (χ0) is 27.1. The average molecular weight is 521 g/mol. The molecule has 38 heavy (non-hydrogen) atoms. The monoisotopic (exact) mass is 520 g/mol. The van der Waals surface area contributed by atoms with Crippen molar-refractivity contribution in [3.8, 4) is 0 Å². The van der Waals surface area contributed by atoms with Crippen LogP contribution in [0.2, 0.25) is 0 Å². The molecule has 1 unspecified atom stereocenters. The molecule has 0 spiro atoms. The summed E-state index contributed by atoms with van der Waals surface area (Å²) in [5.74, 6) is -0.569. The first-order valence-corrected chi connectivity index (χ1v) is 12.4. The van der Waals surface area contributed by atoms with E-state index in [2.05, 4.69) is 11.6 Å². The van der Waals surface area contributed by atoms with Crippen molar-refractivity contribution in [2.45, 2.75) is 57.5 Å². The average Bonchev–Trinajstić information content (AvgIpc) is 3.18. The molecule has 0 saturated carbocycles. The Bertz CT molecular complexity index is 1350. The second kappa shape index (κ2) is 12.2. The summed E-state index contributed by atoms with van der Waals surface area (Å²) in [6, 6.07) is 19.2. The lowest BCUT2D eigenvalue weighted by Crippen LogP contribution is -2.53. The lowest BCUT2D eigenvalue weighted by molar-refractivity contribution is -0.177. The molecule has 1 aliphatic rings. The van der Waals surface area contributed by atoms with Crippen molar-refractivity contribution in [1.29, 1.82) is 0 Å². The van der Waals surface area contributed by atoms with Crippen LogP contribution in [-0.4, -0.2) is 39.9 Å². The van der Waals surface area contributed by atoms with E-state index in [0.717, 1.165) is 11.1 Å². The molecule has 9 heteroatoms. The molecular weight excluding hydrogens is 488 g/mol. The van der Waals surface area contributed by atoms with Gasteiger partial charge in [0.2, 0.25) is 0 Å². The SMILES string of the molecule is C=CC[C@@]1(OCc2ccccc2)[C@@H](COCc2ccccc2)OC(n2cc(C)c(=O)[nH]c2=O)[C@@H]1OC(C)=O. The standard InChI is InChI=1S/C29H32N2O7/c1-4-15-29(36-18-23-13-9-6-10-14-23)24(19-35-17-22-11-7-5-8-12-22)38-27(25(29)37-21(3)32)31-16-20(2)26(33)30-28(31)34/h4-14,16,24-25,27H,1,15,17-19H2,2-3H3,(H,30,33,34)/t24-,25+,27?,29-/m1/s1. The number of nitrogens with one attached hydrogen (secondary N) is 1. The number of hydrogen-bond acceptors (Lipinski definition) is 7. The van der Waals surface area contributed by atoms with E-state index in [9.17, 15) is 14.4 Å². The number of benzene rings is 2. The van der Waals surface area contributed by atoms with E-state index >= 15 is 0 Å². The minimum absolute atomic E-state index is 0.0862. The summed E-state index contributed by atoms with van der Waals surface area (Å²) in [6.07, 6.45) is 0.425. The first-order chi connectivity index (χ1) is 18.3. The number of nitrogens with zero attached hydrogens (tertiary/aromatic N) is 1. The highest BCUT2D eigenvalue weighted by Crippen LogP contribution is 2.44. The van der Waals surface area contributed by atoms with Gasteiger partial charge in [0, 0.05) is 25.1 Å². The minimum Gasteiger partial charge on any atom is -0.454 e. The predicted molar refractivity (Wildman–Crippen MR) is 140 cm³/mol. The molecular formula is C29H32N2O7. The van der Waals surface area contributed by atoms with Gasteiger partial charge in [-0.05, 0) is 18.1 Å². The van der Waals surface area contributed by atoms with Crippen LogP contribution in [0.3, 0.4) is 0 Å². The van der Waals surface area contributed by atoms with Crippen molar-refractivity contribution in [1.82, 2.24) is 9.55 Å². The van der Waals surface area contributed by atoms with E-state index in [4.69, 9.17) is 18.9 Å². The van der Waals surface area contributed by atoms with Crippen molar-refractivity contribution in [2.75, 3.05) is 6.61 Å². The van der Waals surface area contributed by atoms with Gasteiger partial charge in [0.1, 0.15) is 11.7 Å². The largest absolute Gasteiger partial charge is 0.454 e. The van der Waals surface area contributed by atoms with Crippen molar-refractivity contribution in [3.05, 3.63) is 117 Å². The Labute approximate surface area is 220 Å². The summed E-state index contributed by atoms with van der Waals surface area (Å²) >= 11 is 0. The van der Waals surface area contributed by atoms with Gasteiger partial charge in [0.05, 0.1) is 19.8 Å². The van der Waals surface area contributed by atoms with Crippen molar-refractivity contribution in [2.24, 2.45) is 0 Å². The topological polar surface area (TPSA) is 109 Å². The molecule has 1 aromatic heterocycles. The van der Waals surface area contributed by atoms with Gasteiger partial charge >= 0.3 is 11.7 Å². The highest BCUT2D eigenvalue weighted by molar-refractivity contribution is 5.66. The number of rotatable bonds is 11. The van der Waals surface area contributed by atoms with Gasteiger partial charge in [-0.2, -0.15) is 0 Å². The number of carbonyl (C=O) groups excluding carboxylic acids is 1. The number of aryl methyl sites for hydroxylation is 1. The molecule has 3 aromatic rings. The Morgan fingerprint density at radius 3 is 2.32 bits per heavy atom. The Hall–Kier alpha value is -3.79. The lowest BCUT2D eigenvalue weighted by atomic mass is 9.87. The van der Waals surface area contributed by atoms with Crippen LogP contribution in [0.4, 0.5) is 0 Å². The predicted octanol–water partition coefficient (Wildman–Crippen LogP) is 3.42. The summed E-state index contributed by atoms with van der Waals surface area (Å²) in [6.45, 7) is 7.37. The molecule has 1 N–H and O–H groups in total. The van der Waals surface area contributed by atoms with Gasteiger partial charge < -0.3 is 18.9 Å². The molecule has 0 radical (unpaired) electrons. The summed E-state index contributed by atoms with van der Waals surface area (Å²) < 4.78 is 26.0. The van der Waals surface area contributed by atoms with Crippen LogP contribution in [-0.2, 0) is 37.0 Å². The quantitative estimate of drug-likeness (QED) is 0.305. The Kier molecular flexibility index (Phi) is 8.73. The van der Waals surface area contributed by atoms with Crippen LogP contribution >= 0.6 is 0 Å². The van der Waals surface area contributed by atoms with Gasteiger partial charge in [-0.25, -0.2) is 4.79 Å². The third kappa shape index (κ3) is 6.02. The molecule has 4 rings (SSSR count). The molecule has 4 atom stereocenters. The molecule has 1 saturated heterocycles. The molecule has 2 heterocycles. The van der Waals surface area contributed by atoms with Crippen LogP contribution in [0.5, 0.6) is 0 Å². The van der Waals surface area contributed by atoms with Crippen LogP contribution < -0.4 is 11.2 Å². The fourth-order valence-electron chi connectivity index (χ4n) is 4.64. The fraction of sp³-hybridized carbons (Fsp3) is 0.345. The van der Waals surface area contributed by atoms with E-state index in [1.54, 1.807) is 13.0 Å². The van der Waals surface area contributed by atoms with Gasteiger partial charge in [0.25, 0.3) is 5.56 Å². The summed E-state index contributed by atoms with van der Waals surface area (Å²) in [5, 5.41) is 0. The number of aromatic amines is 1. The van der Waals surface area contributed by atoms with E-state index in [1.165, 1.54) is 17.7 Å². The Morgan fingerprint density at radius 2 is 1.71 bits per heavy atom. The maximum Gasteiger partial charge on any atom is 0.330 e. The maximum atomic E-state index is 12.9. The summed E-state index contributed by atoms with van der Waals surface area (Å²) in [5.41, 5.74) is -0.253. The number of hydrogen-bond donors (Lipinski definition) is 1. The van der Waals surface area contributed by atoms with Gasteiger partial charge in [-0.15, -0.1) is 6.58 Å². The second-order valence-electron chi connectivity index (χ2n) is 9.25. The number of ether oxygens (including phenoxy) is 4. The van der Waals surface area contributed by atoms with Crippen molar-refractivity contribution in [3.63, 3.8) is 0 Å². The van der Waals surface area contributed by atoms with Crippen molar-refractivity contribution >= 4 is 5.97 Å². The molecule has 2 aromatic carbocycles. The molecule has 1 fully saturated rings. The minimum atomic E-state index is -1.24. The van der Waals surface area contributed by atoms with E-state index in [0.29, 0.717) is 12.2 Å². The highest BCUT2D eigenvalue weighted by Gasteiger charge is 2.60. The summed E-state index contributed by atoms with van der Waals surface area (Å²) in [7, 11) is 0. The third-order valence-electron chi connectivity index (χ3n) is 6.50. The smallest absolute Gasteiger partial charge is 0.330 e. The fourth-order valence-corrected chi connectivity index (χ4v) is 4.64. The van der Waals surface area contributed by atoms with Crippen LogP contribution in [0.1, 0.15) is 36.3 Å². The highest BCUT2D eigenvalue weighted by atomic mass is 16.6. The zero-order valence-corrected chi connectivity index (χ0v) is 21.5. The third-order valence-corrected chi connectivity index (χ3v) is 6.50. The lowest BCUT2D eigenvalue weighted by Gasteiger charge is -2.37. The molecule has 0 amide bonds. The van der Waals surface area contributed by atoms with Gasteiger partial charge in [-0.3, -0.25) is 19.1 Å². The normalized spacial score (nSPS) is 22.7. The number of esters is 1. The zero-order valence-electron chi connectivity index (χ0n) is 21.5. The Morgan fingerprint density at radius 1 is 1.08 bits per heavy atom. The number of H-pyrrole nitrogens is 1. The molecule has 9 nitrogen and oxygen atoms in total. The van der Waals surface area contributed by atoms with E-state index in [1.807, 2.05) is 60.7 Å². The van der Waals surface area contributed by atoms with Gasteiger partial charge in [-0.1, -0.05) is 66.7 Å². The van der Waals surface area contributed by atoms with Crippen LogP contribution in [0.25, 0.3) is 0 Å². The number of carbonyl (C=O) groups is 1. The molecule has 1 aliphatic heterocycles. The van der Waals surface area contributed by atoms with Crippen molar-refractivity contribution < 1.29 is 23.7 Å². The van der Waals surface area contributed by atoms with Crippen LogP contribution in [0, 0.1) is 6.92 Å². The first kappa shape index (κ1) is 27.3. The first-order valence-electron chi connectivity index (χ1n) is 12.4. The molecule has 0 bridgehead atoms. The van der Waals surface area contributed by atoms with Gasteiger partial charge in [0.15, 0.2) is 12.3 Å². The number of aromatic nitrogens is 2. The molecule has 0 aliphatic carbocycles. The maximum absolute atomic E-state index is 12.9. The second-order valence-corrected chi connectivity index (χ2v) is 9.25. The Balaban J connectivity index is 1.74.